The van der Waals surface area contributed by atoms with E-state index in [0.717, 1.165) is 16.9 Å². The zero-order chi connectivity index (χ0) is 17.4. The fourth-order valence-corrected chi connectivity index (χ4v) is 2.03. The van der Waals surface area contributed by atoms with Gasteiger partial charge in [0, 0.05) is 0 Å². The lowest BCUT2D eigenvalue weighted by molar-refractivity contribution is 0.284. The van der Waals surface area contributed by atoms with Crippen molar-refractivity contribution in [3.63, 3.8) is 0 Å². The second-order valence-electron chi connectivity index (χ2n) is 4.78. The third-order valence-electron chi connectivity index (χ3n) is 3.10. The van der Waals surface area contributed by atoms with Crippen LogP contribution in [-0.2, 0) is 6.61 Å². The predicted molar refractivity (Wildman–Crippen MR) is 97.8 cm³/mol. The van der Waals surface area contributed by atoms with E-state index >= 15 is 0 Å². The van der Waals surface area contributed by atoms with E-state index in [2.05, 4.69) is 10.5 Å². The van der Waals surface area contributed by atoms with Crippen LogP contribution in [0.2, 0.25) is 0 Å². The summed E-state index contributed by atoms with van der Waals surface area (Å²) in [5.74, 6) is 2.03. The Hall–Kier alpha value is -2.80. The van der Waals surface area contributed by atoms with E-state index in [1.165, 1.54) is 0 Å². The summed E-state index contributed by atoms with van der Waals surface area (Å²) >= 11 is 4.69. The molecule has 3 N–H and O–H groups in total. The molecule has 0 unspecified atom stereocenters. The number of ether oxygens (including phenoxy) is 3. The highest BCUT2D eigenvalue weighted by atomic mass is 32.1. The van der Waals surface area contributed by atoms with Gasteiger partial charge in [-0.2, -0.15) is 5.10 Å². The number of rotatable bonds is 7. The molecule has 0 heterocycles. The van der Waals surface area contributed by atoms with Crippen LogP contribution < -0.4 is 25.4 Å². The van der Waals surface area contributed by atoms with Crippen LogP contribution in [0.4, 0.5) is 0 Å². The van der Waals surface area contributed by atoms with Crippen LogP contribution in [0.25, 0.3) is 0 Å². The highest BCUT2D eigenvalue weighted by Gasteiger charge is 2.06. The first-order valence-corrected chi connectivity index (χ1v) is 7.55. The van der Waals surface area contributed by atoms with Gasteiger partial charge in [0.1, 0.15) is 12.4 Å². The predicted octanol–water partition coefficient (Wildman–Crippen LogP) is 2.45. The van der Waals surface area contributed by atoms with Crippen LogP contribution >= 0.6 is 12.2 Å². The van der Waals surface area contributed by atoms with E-state index in [4.69, 9.17) is 32.2 Å². The molecule has 0 saturated heterocycles. The largest absolute Gasteiger partial charge is 0.497 e. The first kappa shape index (κ1) is 17.6. The molecule has 0 aromatic heterocycles. The third kappa shape index (κ3) is 5.13. The third-order valence-corrected chi connectivity index (χ3v) is 3.20. The van der Waals surface area contributed by atoms with Gasteiger partial charge in [0.05, 0.1) is 20.4 Å². The molecule has 0 aliphatic heterocycles. The number of nitrogens with zero attached hydrogens (tertiary/aromatic N) is 1. The summed E-state index contributed by atoms with van der Waals surface area (Å²) < 4.78 is 16.4. The van der Waals surface area contributed by atoms with Crippen molar-refractivity contribution in [1.82, 2.24) is 5.43 Å². The van der Waals surface area contributed by atoms with Crippen LogP contribution in [0.15, 0.2) is 47.6 Å². The molecule has 0 aliphatic carbocycles. The van der Waals surface area contributed by atoms with Gasteiger partial charge in [0.2, 0.25) is 0 Å². The summed E-state index contributed by atoms with van der Waals surface area (Å²) in [7, 11) is 3.22. The Kier molecular flexibility index (Phi) is 6.39. The second kappa shape index (κ2) is 8.73. The summed E-state index contributed by atoms with van der Waals surface area (Å²) in [6.07, 6.45) is 1.59. The van der Waals surface area contributed by atoms with Gasteiger partial charge in [-0.25, -0.2) is 0 Å². The van der Waals surface area contributed by atoms with Crippen molar-refractivity contribution in [2.45, 2.75) is 6.61 Å². The minimum absolute atomic E-state index is 0.106. The Labute approximate surface area is 146 Å². The van der Waals surface area contributed by atoms with Crippen LogP contribution in [-0.4, -0.2) is 25.5 Å². The van der Waals surface area contributed by atoms with Gasteiger partial charge >= 0.3 is 0 Å². The first-order chi connectivity index (χ1) is 11.6. The number of hydrogen-bond donors (Lipinski definition) is 2. The number of thiocarbonyl (C=S) groups is 1. The fraction of sp³-hybridized carbons (Fsp3) is 0.176. The van der Waals surface area contributed by atoms with E-state index in [-0.39, 0.29) is 5.11 Å². The zero-order valence-electron chi connectivity index (χ0n) is 13.5. The molecule has 0 fully saturated rings. The lowest BCUT2D eigenvalue weighted by Gasteiger charge is -2.12. The van der Waals surface area contributed by atoms with Gasteiger partial charge in [-0.3, -0.25) is 5.43 Å². The van der Waals surface area contributed by atoms with Crippen LogP contribution in [0.3, 0.4) is 0 Å². The van der Waals surface area contributed by atoms with Crippen molar-refractivity contribution in [3.8, 4) is 17.2 Å². The van der Waals surface area contributed by atoms with Gasteiger partial charge < -0.3 is 19.9 Å². The van der Waals surface area contributed by atoms with E-state index in [1.807, 2.05) is 42.5 Å². The van der Waals surface area contributed by atoms with Gasteiger partial charge in [-0.05, 0) is 53.7 Å². The van der Waals surface area contributed by atoms with E-state index < -0.39 is 0 Å². The Bertz CT molecular complexity index is 735. The van der Waals surface area contributed by atoms with Crippen molar-refractivity contribution >= 4 is 23.5 Å². The highest BCUT2D eigenvalue weighted by molar-refractivity contribution is 7.80. The molecule has 0 bridgehead atoms. The molecule has 0 spiro atoms. The highest BCUT2D eigenvalue weighted by Crippen LogP contribution is 2.28. The summed E-state index contributed by atoms with van der Waals surface area (Å²) in [5, 5.41) is 4.03. The van der Waals surface area contributed by atoms with Gasteiger partial charge in [0.15, 0.2) is 16.6 Å². The Morgan fingerprint density at radius 2 is 2.00 bits per heavy atom. The summed E-state index contributed by atoms with van der Waals surface area (Å²) in [5.41, 5.74) is 9.64. The molecule has 2 aromatic rings. The van der Waals surface area contributed by atoms with Crippen molar-refractivity contribution in [2.75, 3.05) is 14.2 Å². The van der Waals surface area contributed by atoms with Gasteiger partial charge in [-0.1, -0.05) is 12.1 Å². The topological polar surface area (TPSA) is 78.1 Å². The standard InChI is InChI=1S/C17H19N3O3S/c1-21-14-5-3-4-13(8-14)11-23-16-9-12(6-7-15(16)22-2)10-19-20-17(18)24/h3-10H,11H2,1-2H3,(H3,18,20,24). The number of nitrogens with one attached hydrogen (secondary N) is 1. The van der Waals surface area contributed by atoms with Crippen molar-refractivity contribution in [3.05, 3.63) is 53.6 Å². The molecule has 126 valence electrons. The lowest BCUT2D eigenvalue weighted by Crippen LogP contribution is -2.23. The summed E-state index contributed by atoms with van der Waals surface area (Å²) in [6.45, 7) is 0.388. The normalized spacial score (nSPS) is 10.4. The molecule has 24 heavy (non-hydrogen) atoms. The summed E-state index contributed by atoms with van der Waals surface area (Å²) in [6, 6.07) is 13.2. The van der Waals surface area contributed by atoms with Crippen molar-refractivity contribution in [1.29, 1.82) is 0 Å². The number of hydrazone groups is 1. The Morgan fingerprint density at radius 1 is 1.17 bits per heavy atom. The average Bonchev–Trinajstić information content (AvgIpc) is 2.60. The molecule has 6 nitrogen and oxygen atoms in total. The number of methoxy groups -OCH3 is 2. The van der Waals surface area contributed by atoms with Crippen molar-refractivity contribution < 1.29 is 14.2 Å². The minimum Gasteiger partial charge on any atom is -0.497 e. The number of nitrogens with two attached hydrogens (primary N) is 1. The number of benzene rings is 2. The molecule has 2 rings (SSSR count). The second-order valence-corrected chi connectivity index (χ2v) is 5.22. The molecule has 7 heteroatoms. The molecule has 0 radical (unpaired) electrons. The lowest BCUT2D eigenvalue weighted by atomic mass is 10.2. The van der Waals surface area contributed by atoms with Crippen molar-refractivity contribution in [2.24, 2.45) is 10.8 Å². The molecule has 0 aliphatic rings. The van der Waals surface area contributed by atoms with Gasteiger partial charge in [0.25, 0.3) is 0 Å². The number of hydrogen-bond acceptors (Lipinski definition) is 5. The first-order valence-electron chi connectivity index (χ1n) is 7.14. The SMILES string of the molecule is COc1cccc(COc2cc(C=NNC(N)=S)ccc2OC)c1. The maximum Gasteiger partial charge on any atom is 0.184 e. The average molecular weight is 345 g/mol. The molecule has 2 aromatic carbocycles. The Morgan fingerprint density at radius 3 is 2.71 bits per heavy atom. The van der Waals surface area contributed by atoms with Crippen LogP contribution in [0.5, 0.6) is 17.2 Å². The molecule has 0 amide bonds. The fourth-order valence-electron chi connectivity index (χ4n) is 1.98. The molecular weight excluding hydrogens is 326 g/mol. The van der Waals surface area contributed by atoms with Crippen LogP contribution in [0, 0.1) is 0 Å². The molecular formula is C17H19N3O3S. The maximum absolute atomic E-state index is 5.87. The van der Waals surface area contributed by atoms with E-state index in [0.29, 0.717) is 18.1 Å². The smallest absolute Gasteiger partial charge is 0.184 e. The molecule has 0 saturated carbocycles. The monoisotopic (exact) mass is 345 g/mol. The minimum atomic E-state index is 0.106. The van der Waals surface area contributed by atoms with E-state index in [1.54, 1.807) is 20.4 Å². The summed E-state index contributed by atoms with van der Waals surface area (Å²) in [4.78, 5) is 0. The quantitative estimate of drug-likeness (QED) is 0.456. The Balaban J connectivity index is 2.12. The molecule has 0 atom stereocenters. The van der Waals surface area contributed by atoms with Gasteiger partial charge in [-0.15, -0.1) is 0 Å². The van der Waals surface area contributed by atoms with Crippen LogP contribution in [0.1, 0.15) is 11.1 Å². The van der Waals surface area contributed by atoms with E-state index in [9.17, 15) is 0 Å². The zero-order valence-corrected chi connectivity index (χ0v) is 14.3. The maximum atomic E-state index is 5.87.